The van der Waals surface area contributed by atoms with Crippen LogP contribution in [0.15, 0.2) is 0 Å². The molecule has 0 radical (unpaired) electrons. The van der Waals surface area contributed by atoms with E-state index in [0.717, 1.165) is 0 Å². The standard InChI is InChI=1S/C6H18Si2/c1-5-8(4)6-7(2)3/h7-8H,5-6H2,1-4H3. The van der Waals surface area contributed by atoms with Crippen molar-refractivity contribution in [1.29, 1.82) is 0 Å². The Kier molecular flexibility index (Phi) is 4.56. The van der Waals surface area contributed by atoms with Crippen LogP contribution in [-0.4, -0.2) is 17.6 Å². The first-order valence-electron chi connectivity index (χ1n) is 3.66. The van der Waals surface area contributed by atoms with Crippen LogP contribution in [0.1, 0.15) is 6.92 Å². The van der Waals surface area contributed by atoms with E-state index >= 15 is 0 Å². The molecule has 1 unspecified atom stereocenters. The van der Waals surface area contributed by atoms with Gasteiger partial charge in [0.05, 0.1) is 0 Å². The van der Waals surface area contributed by atoms with E-state index < -0.39 is 0 Å². The highest BCUT2D eigenvalue weighted by Gasteiger charge is 2.02. The summed E-state index contributed by atoms with van der Waals surface area (Å²) < 4.78 is 0. The zero-order chi connectivity index (χ0) is 6.57. The van der Waals surface area contributed by atoms with Crippen molar-refractivity contribution in [2.24, 2.45) is 0 Å². The van der Waals surface area contributed by atoms with Gasteiger partial charge in [0.25, 0.3) is 0 Å². The molecule has 0 nitrogen and oxygen atoms in total. The summed E-state index contributed by atoms with van der Waals surface area (Å²) in [6.45, 7) is 9.75. The Bertz CT molecular complexity index is 52.5. The molecule has 0 heterocycles. The molecular weight excluding hydrogens is 128 g/mol. The van der Waals surface area contributed by atoms with E-state index in [9.17, 15) is 0 Å². The van der Waals surface area contributed by atoms with E-state index in [1.807, 2.05) is 0 Å². The molecule has 0 amide bonds. The second-order valence-electron chi connectivity index (χ2n) is 3.14. The van der Waals surface area contributed by atoms with Gasteiger partial charge in [-0.15, -0.1) is 0 Å². The average Bonchev–Trinajstić information content (AvgIpc) is 1.65. The van der Waals surface area contributed by atoms with Crippen LogP contribution in [-0.2, 0) is 0 Å². The van der Waals surface area contributed by atoms with Crippen LogP contribution in [0.25, 0.3) is 0 Å². The van der Waals surface area contributed by atoms with Crippen molar-refractivity contribution in [1.82, 2.24) is 0 Å². The van der Waals surface area contributed by atoms with Gasteiger partial charge in [0.1, 0.15) is 0 Å². The third-order valence-corrected chi connectivity index (χ3v) is 9.95. The summed E-state index contributed by atoms with van der Waals surface area (Å²) >= 11 is 0. The second kappa shape index (κ2) is 4.33. The van der Waals surface area contributed by atoms with E-state index in [2.05, 4.69) is 26.6 Å². The third-order valence-electron chi connectivity index (χ3n) is 1.57. The van der Waals surface area contributed by atoms with E-state index in [-0.39, 0.29) is 17.6 Å². The zero-order valence-corrected chi connectivity index (χ0v) is 8.88. The van der Waals surface area contributed by atoms with Crippen molar-refractivity contribution >= 4 is 17.6 Å². The number of hydrogen-bond donors (Lipinski definition) is 0. The van der Waals surface area contributed by atoms with E-state index in [4.69, 9.17) is 0 Å². The maximum absolute atomic E-state index is 2.49. The summed E-state index contributed by atoms with van der Waals surface area (Å²) in [4.78, 5) is 0. The van der Waals surface area contributed by atoms with Gasteiger partial charge < -0.3 is 0 Å². The lowest BCUT2D eigenvalue weighted by Crippen LogP contribution is -2.13. The molecule has 0 aliphatic heterocycles. The lowest BCUT2D eigenvalue weighted by Gasteiger charge is -2.06. The maximum atomic E-state index is 2.49. The molecule has 0 aromatic rings. The van der Waals surface area contributed by atoms with Gasteiger partial charge in [-0.1, -0.05) is 38.3 Å². The highest BCUT2D eigenvalue weighted by molar-refractivity contribution is 6.75. The Labute approximate surface area is 56.5 Å². The van der Waals surface area contributed by atoms with Crippen LogP contribution in [0.3, 0.4) is 0 Å². The van der Waals surface area contributed by atoms with Crippen molar-refractivity contribution in [2.45, 2.75) is 38.3 Å². The normalized spacial score (nSPS) is 14.6. The Morgan fingerprint density at radius 1 is 1.12 bits per heavy atom. The van der Waals surface area contributed by atoms with Crippen LogP contribution in [0.5, 0.6) is 0 Å². The molecule has 0 aliphatic carbocycles. The molecular formula is C6H18Si2. The highest BCUT2D eigenvalue weighted by atomic mass is 28.3. The summed E-state index contributed by atoms with van der Waals surface area (Å²) in [5.41, 5.74) is 1.66. The molecule has 0 fully saturated rings. The molecule has 2 heteroatoms. The van der Waals surface area contributed by atoms with Gasteiger partial charge in [0.15, 0.2) is 0 Å². The highest BCUT2D eigenvalue weighted by Crippen LogP contribution is 2.00. The molecule has 0 bridgehead atoms. The molecule has 0 saturated heterocycles. The van der Waals surface area contributed by atoms with Gasteiger partial charge in [-0.3, -0.25) is 0 Å². The SMILES string of the molecule is CC[SiH](C)C[SiH](C)C. The van der Waals surface area contributed by atoms with Crippen LogP contribution in [0.4, 0.5) is 0 Å². The van der Waals surface area contributed by atoms with Gasteiger partial charge in [0.2, 0.25) is 0 Å². The van der Waals surface area contributed by atoms with Gasteiger partial charge in [-0.25, -0.2) is 0 Å². The Morgan fingerprint density at radius 3 is 1.75 bits per heavy atom. The van der Waals surface area contributed by atoms with Crippen LogP contribution in [0.2, 0.25) is 31.4 Å². The minimum absolute atomic E-state index is 0.177. The van der Waals surface area contributed by atoms with Crippen LogP contribution in [0, 0.1) is 0 Å². The van der Waals surface area contributed by atoms with E-state index in [1.54, 1.807) is 5.67 Å². The lowest BCUT2D eigenvalue weighted by molar-refractivity contribution is 1.40. The first kappa shape index (κ1) is 8.43. The van der Waals surface area contributed by atoms with E-state index in [0.29, 0.717) is 0 Å². The first-order valence-corrected chi connectivity index (χ1v) is 9.58. The van der Waals surface area contributed by atoms with Crippen LogP contribution >= 0.6 is 0 Å². The fourth-order valence-electron chi connectivity index (χ4n) is 0.971. The average molecular weight is 146 g/mol. The quantitative estimate of drug-likeness (QED) is 0.534. The summed E-state index contributed by atoms with van der Waals surface area (Å²) in [5, 5.41) is 0. The molecule has 0 aromatic carbocycles. The molecule has 0 rings (SSSR count). The predicted molar refractivity (Wildman–Crippen MR) is 47.2 cm³/mol. The topological polar surface area (TPSA) is 0 Å². The summed E-state index contributed by atoms with van der Waals surface area (Å²) in [6, 6.07) is 1.51. The Hall–Kier alpha value is 0.434. The molecule has 0 aromatic heterocycles. The minimum Gasteiger partial charge on any atom is -0.0724 e. The fraction of sp³-hybridized carbons (Fsp3) is 1.00. The van der Waals surface area contributed by atoms with Gasteiger partial charge >= 0.3 is 0 Å². The van der Waals surface area contributed by atoms with Crippen molar-refractivity contribution < 1.29 is 0 Å². The van der Waals surface area contributed by atoms with Crippen molar-refractivity contribution in [2.75, 3.05) is 0 Å². The second-order valence-corrected chi connectivity index (χ2v) is 10.8. The molecule has 0 saturated carbocycles. The lowest BCUT2D eigenvalue weighted by atomic mass is 11.0. The van der Waals surface area contributed by atoms with Crippen molar-refractivity contribution in [3.8, 4) is 0 Å². The largest absolute Gasteiger partial charge is 0.0724 e. The van der Waals surface area contributed by atoms with Crippen molar-refractivity contribution in [3.05, 3.63) is 0 Å². The molecule has 8 heavy (non-hydrogen) atoms. The predicted octanol–water partition coefficient (Wildman–Crippen LogP) is 1.89. The third kappa shape index (κ3) is 4.59. The number of rotatable bonds is 3. The molecule has 1 atom stereocenters. The summed E-state index contributed by atoms with van der Waals surface area (Å²) in [5.74, 6) is 0. The molecule has 50 valence electrons. The minimum atomic E-state index is -0.184. The molecule has 0 spiro atoms. The van der Waals surface area contributed by atoms with Crippen molar-refractivity contribution in [3.63, 3.8) is 0 Å². The fourth-order valence-corrected chi connectivity index (χ4v) is 8.74. The first-order chi connectivity index (χ1) is 3.66. The van der Waals surface area contributed by atoms with Gasteiger partial charge in [-0.05, 0) is 0 Å². The Balaban J connectivity index is 3.10. The Morgan fingerprint density at radius 2 is 1.62 bits per heavy atom. The monoisotopic (exact) mass is 146 g/mol. The summed E-state index contributed by atoms with van der Waals surface area (Å²) in [7, 11) is -0.362. The zero-order valence-electron chi connectivity index (χ0n) is 6.57. The van der Waals surface area contributed by atoms with Crippen LogP contribution < -0.4 is 0 Å². The molecule has 0 aliphatic rings. The van der Waals surface area contributed by atoms with Gasteiger partial charge in [0, 0.05) is 17.6 Å². The van der Waals surface area contributed by atoms with Gasteiger partial charge in [-0.2, -0.15) is 0 Å². The maximum Gasteiger partial charge on any atom is 0.0305 e. The summed E-state index contributed by atoms with van der Waals surface area (Å²) in [6.07, 6.45) is 0. The molecule has 0 N–H and O–H groups in total. The van der Waals surface area contributed by atoms with E-state index in [1.165, 1.54) is 6.04 Å². The smallest absolute Gasteiger partial charge is 0.0305 e. The number of hydrogen-bond acceptors (Lipinski definition) is 0.